The molecule has 3 aromatic carbocycles. The summed E-state index contributed by atoms with van der Waals surface area (Å²) >= 11 is 3.35. The van der Waals surface area contributed by atoms with E-state index in [1.54, 1.807) is 30.3 Å². The van der Waals surface area contributed by atoms with Crippen LogP contribution in [0.3, 0.4) is 0 Å². The van der Waals surface area contributed by atoms with E-state index >= 15 is 0 Å². The molecule has 0 amide bonds. The molecule has 28 heavy (non-hydrogen) atoms. The Labute approximate surface area is 166 Å². The summed E-state index contributed by atoms with van der Waals surface area (Å²) in [4.78, 5) is 17.6. The molecule has 4 rings (SSSR count). The van der Waals surface area contributed by atoms with E-state index in [0.717, 1.165) is 9.15 Å². The molecule has 1 aromatic heterocycles. The molecule has 0 radical (unpaired) electrons. The Morgan fingerprint density at radius 2 is 1.57 bits per heavy atom. The van der Waals surface area contributed by atoms with Gasteiger partial charge in [-0.25, -0.2) is 13.8 Å². The van der Waals surface area contributed by atoms with Gasteiger partial charge in [-0.1, -0.05) is 28.1 Å². The number of nitrogens with zero attached hydrogens (tertiary/aromatic N) is 3. The molecule has 138 valence electrons. The molecule has 0 bridgehead atoms. The van der Waals surface area contributed by atoms with Crippen molar-refractivity contribution in [2.45, 2.75) is 0 Å². The summed E-state index contributed by atoms with van der Waals surface area (Å²) in [6, 6.07) is 16.5. The Bertz CT molecular complexity index is 1250. The van der Waals surface area contributed by atoms with E-state index in [1.807, 2.05) is 0 Å². The minimum absolute atomic E-state index is 0.276. The van der Waals surface area contributed by atoms with Gasteiger partial charge in [0.2, 0.25) is 0 Å². The highest BCUT2D eigenvalue weighted by Crippen LogP contribution is 2.21. The molecule has 0 saturated heterocycles. The van der Waals surface area contributed by atoms with E-state index in [-0.39, 0.29) is 17.2 Å². The Balaban J connectivity index is 1.94. The number of hydrogen-bond acceptors (Lipinski definition) is 3. The van der Waals surface area contributed by atoms with Crippen LogP contribution in [0.15, 0.2) is 81.1 Å². The van der Waals surface area contributed by atoms with E-state index < -0.39 is 5.82 Å². The van der Waals surface area contributed by atoms with Gasteiger partial charge >= 0.3 is 0 Å². The fourth-order valence-electron chi connectivity index (χ4n) is 2.71. The van der Waals surface area contributed by atoms with Crippen LogP contribution in [0.4, 0.5) is 8.78 Å². The molecule has 0 aliphatic heterocycles. The Morgan fingerprint density at radius 3 is 2.25 bits per heavy atom. The molecule has 0 unspecified atom stereocenters. The molecule has 7 heteroatoms. The Hall–Kier alpha value is -3.19. The number of hydrogen-bond donors (Lipinski definition) is 0. The molecule has 0 aliphatic rings. The normalized spacial score (nSPS) is 11.4. The highest BCUT2D eigenvalue weighted by Gasteiger charge is 2.13. The highest BCUT2D eigenvalue weighted by atomic mass is 79.9. The van der Waals surface area contributed by atoms with Crippen LogP contribution in [-0.2, 0) is 0 Å². The van der Waals surface area contributed by atoms with E-state index in [1.165, 1.54) is 42.6 Å². The topological polar surface area (TPSA) is 47.2 Å². The molecule has 0 N–H and O–H groups in total. The van der Waals surface area contributed by atoms with Crippen molar-refractivity contribution in [3.05, 3.63) is 98.8 Å². The number of aromatic nitrogens is 2. The lowest BCUT2D eigenvalue weighted by Crippen LogP contribution is -2.20. The first-order chi connectivity index (χ1) is 13.5. The second-order valence-corrected chi connectivity index (χ2v) is 6.93. The summed E-state index contributed by atoms with van der Waals surface area (Å²) in [5.74, 6) is -0.478. The van der Waals surface area contributed by atoms with Crippen LogP contribution in [-0.4, -0.2) is 15.9 Å². The van der Waals surface area contributed by atoms with Crippen molar-refractivity contribution in [3.8, 4) is 11.4 Å². The van der Waals surface area contributed by atoms with Crippen LogP contribution in [0.2, 0.25) is 0 Å². The van der Waals surface area contributed by atoms with Crippen molar-refractivity contribution in [1.29, 1.82) is 0 Å². The van der Waals surface area contributed by atoms with Crippen LogP contribution in [0.1, 0.15) is 5.56 Å². The third kappa shape index (κ3) is 3.61. The molecule has 0 spiro atoms. The smallest absolute Gasteiger partial charge is 0.267 e. The fourth-order valence-corrected chi connectivity index (χ4v) is 3.08. The van der Waals surface area contributed by atoms with Gasteiger partial charge in [0.15, 0.2) is 5.82 Å². The van der Waals surface area contributed by atoms with E-state index in [9.17, 15) is 13.6 Å². The first-order valence-electron chi connectivity index (χ1n) is 8.29. The first kappa shape index (κ1) is 18.2. The maximum absolute atomic E-state index is 13.3. The molecule has 4 aromatic rings. The van der Waals surface area contributed by atoms with Gasteiger partial charge in [0, 0.05) is 10.0 Å². The van der Waals surface area contributed by atoms with Crippen molar-refractivity contribution in [2.75, 3.05) is 0 Å². The van der Waals surface area contributed by atoms with Crippen LogP contribution < -0.4 is 5.56 Å². The number of benzene rings is 3. The van der Waals surface area contributed by atoms with Crippen molar-refractivity contribution < 1.29 is 8.78 Å². The second-order valence-electron chi connectivity index (χ2n) is 6.02. The zero-order chi connectivity index (χ0) is 19.7. The molecular weight excluding hydrogens is 428 g/mol. The van der Waals surface area contributed by atoms with Crippen molar-refractivity contribution in [3.63, 3.8) is 0 Å². The molecule has 0 saturated carbocycles. The highest BCUT2D eigenvalue weighted by molar-refractivity contribution is 9.10. The number of halogens is 3. The van der Waals surface area contributed by atoms with Crippen molar-refractivity contribution in [2.24, 2.45) is 5.10 Å². The van der Waals surface area contributed by atoms with Gasteiger partial charge in [0.05, 0.1) is 17.1 Å². The summed E-state index contributed by atoms with van der Waals surface area (Å²) in [7, 11) is 0. The van der Waals surface area contributed by atoms with Gasteiger partial charge in [0.1, 0.15) is 11.6 Å². The van der Waals surface area contributed by atoms with Crippen molar-refractivity contribution >= 4 is 33.0 Å². The number of rotatable bonds is 3. The lowest BCUT2D eigenvalue weighted by molar-refractivity contribution is 0.627. The zero-order valence-electron chi connectivity index (χ0n) is 14.3. The van der Waals surface area contributed by atoms with Gasteiger partial charge in [-0.05, 0) is 60.2 Å². The predicted octanol–water partition coefficient (Wildman–Crippen LogP) is 4.99. The summed E-state index contributed by atoms with van der Waals surface area (Å²) in [6.45, 7) is 0. The minimum Gasteiger partial charge on any atom is -0.267 e. The summed E-state index contributed by atoms with van der Waals surface area (Å²) < 4.78 is 28.3. The molecule has 1 heterocycles. The van der Waals surface area contributed by atoms with Crippen LogP contribution in [0, 0.1) is 11.6 Å². The third-order valence-corrected chi connectivity index (χ3v) is 4.60. The maximum atomic E-state index is 13.3. The SMILES string of the molecule is O=c1c2cc(Br)ccc2nc(-c2ccc(F)cc2)n1N=Cc1ccc(F)cc1. The summed E-state index contributed by atoms with van der Waals surface area (Å²) in [6.07, 6.45) is 1.44. The molecule has 0 atom stereocenters. The second kappa shape index (κ2) is 7.44. The van der Waals surface area contributed by atoms with E-state index in [4.69, 9.17) is 0 Å². The zero-order valence-corrected chi connectivity index (χ0v) is 15.9. The van der Waals surface area contributed by atoms with E-state index in [2.05, 4.69) is 26.0 Å². The Morgan fingerprint density at radius 1 is 0.929 bits per heavy atom. The summed E-state index contributed by atoms with van der Waals surface area (Å²) in [5, 5.41) is 4.66. The van der Waals surface area contributed by atoms with Gasteiger partial charge in [-0.2, -0.15) is 9.78 Å². The lowest BCUT2D eigenvalue weighted by atomic mass is 10.2. The van der Waals surface area contributed by atoms with Gasteiger partial charge in [0.25, 0.3) is 5.56 Å². The molecule has 0 fully saturated rings. The monoisotopic (exact) mass is 439 g/mol. The molecule has 4 nitrogen and oxygen atoms in total. The quantitative estimate of drug-likeness (QED) is 0.422. The first-order valence-corrected chi connectivity index (χ1v) is 9.09. The number of fused-ring (bicyclic) bond motifs is 1. The third-order valence-electron chi connectivity index (χ3n) is 4.10. The average molecular weight is 440 g/mol. The average Bonchev–Trinajstić information content (AvgIpc) is 2.69. The fraction of sp³-hybridized carbons (Fsp3) is 0. The van der Waals surface area contributed by atoms with Gasteiger partial charge in [-0.15, -0.1) is 0 Å². The Kier molecular flexibility index (Phi) is 4.83. The maximum Gasteiger partial charge on any atom is 0.282 e. The van der Waals surface area contributed by atoms with E-state index in [0.29, 0.717) is 22.0 Å². The minimum atomic E-state index is -0.391. The standard InChI is InChI=1S/C21H12BrF2N3O/c22-15-5-10-19-18(11-15)21(28)27(25-12-13-1-6-16(23)7-2-13)20(26-19)14-3-8-17(24)9-4-14/h1-12H. The summed E-state index contributed by atoms with van der Waals surface area (Å²) in [5.41, 5.74) is 1.29. The van der Waals surface area contributed by atoms with Gasteiger partial charge < -0.3 is 0 Å². The van der Waals surface area contributed by atoms with Crippen LogP contribution >= 0.6 is 15.9 Å². The van der Waals surface area contributed by atoms with Crippen molar-refractivity contribution in [1.82, 2.24) is 9.66 Å². The lowest BCUT2D eigenvalue weighted by Gasteiger charge is -2.09. The molecule has 0 aliphatic carbocycles. The predicted molar refractivity (Wildman–Crippen MR) is 108 cm³/mol. The largest absolute Gasteiger partial charge is 0.282 e. The molecular formula is C21H12BrF2N3O. The van der Waals surface area contributed by atoms with Crippen LogP contribution in [0.25, 0.3) is 22.3 Å². The van der Waals surface area contributed by atoms with Crippen LogP contribution in [0.5, 0.6) is 0 Å². The van der Waals surface area contributed by atoms with Gasteiger partial charge in [-0.3, -0.25) is 4.79 Å².